The van der Waals surface area contributed by atoms with Gasteiger partial charge in [0.25, 0.3) is 0 Å². The fourth-order valence-corrected chi connectivity index (χ4v) is 6.14. The van der Waals surface area contributed by atoms with E-state index in [2.05, 4.69) is 180 Å². The molecule has 3 aromatic carbocycles. The lowest BCUT2D eigenvalue weighted by Gasteiger charge is -2.26. The second kappa shape index (κ2) is 16.3. The lowest BCUT2D eigenvalue weighted by atomic mass is 9.79. The summed E-state index contributed by atoms with van der Waals surface area (Å²) in [5.74, 6) is 3.14. The molecule has 0 aliphatic carbocycles. The van der Waals surface area contributed by atoms with Gasteiger partial charge in [0.05, 0.1) is 0 Å². The molecule has 0 aliphatic rings. The van der Waals surface area contributed by atoms with Gasteiger partial charge in [-0.25, -0.2) is 0 Å². The van der Waals surface area contributed by atoms with Gasteiger partial charge in [-0.05, 0) is 117 Å². The van der Waals surface area contributed by atoms with Gasteiger partial charge in [0, 0.05) is 0 Å². The van der Waals surface area contributed by atoms with Crippen LogP contribution in [0.15, 0.2) is 48.5 Å². The van der Waals surface area contributed by atoms with E-state index in [4.69, 9.17) is 0 Å². The maximum atomic E-state index is 2.40. The fraction of sp³-hybridized carbons (Fsp3) is 0.591. The first-order valence-corrected chi connectivity index (χ1v) is 17.4. The summed E-state index contributed by atoms with van der Waals surface area (Å²) in [6, 6.07) is 18.3. The van der Waals surface area contributed by atoms with Crippen molar-refractivity contribution < 1.29 is 0 Å². The molecule has 0 radical (unpaired) electrons. The molecule has 0 aliphatic heterocycles. The summed E-state index contributed by atoms with van der Waals surface area (Å²) in [5, 5.41) is 0. The zero-order valence-electron chi connectivity index (χ0n) is 32.5. The standard InChI is InChI=1S/C16H26.C15H24.C13H20/c1-10(2)14-8-15(11(3)4)13(7)16(9-14)12(5)6;1-11-8-9-12(14(2,3)4)10-13(11)15(5,6)7;1-9(2)12-7-6-8-13(10(3)4)11(12)5/h8-12H,1-7H3;8-10H,1-7H3;6-10H,1-5H3. The molecule has 0 unspecified atom stereocenters. The molecule has 0 nitrogen and oxygen atoms in total. The van der Waals surface area contributed by atoms with Gasteiger partial charge >= 0.3 is 0 Å². The first kappa shape index (κ1) is 39.7. The third kappa shape index (κ3) is 11.2. The van der Waals surface area contributed by atoms with Crippen molar-refractivity contribution in [3.05, 3.63) is 104 Å². The average Bonchev–Trinajstić information content (AvgIpc) is 2.87. The molecule has 0 atom stereocenters. The predicted octanol–water partition coefficient (Wildman–Crippen LogP) is 14.2. The molecule has 246 valence electrons. The lowest BCUT2D eigenvalue weighted by Crippen LogP contribution is -2.17. The van der Waals surface area contributed by atoms with E-state index in [1.165, 1.54) is 55.6 Å². The van der Waals surface area contributed by atoms with E-state index in [-0.39, 0.29) is 10.8 Å². The van der Waals surface area contributed by atoms with E-state index in [0.29, 0.717) is 29.6 Å². The maximum absolute atomic E-state index is 2.40. The van der Waals surface area contributed by atoms with Crippen LogP contribution in [-0.2, 0) is 10.8 Å². The molecule has 44 heavy (non-hydrogen) atoms. The predicted molar refractivity (Wildman–Crippen MR) is 201 cm³/mol. The number of benzene rings is 3. The van der Waals surface area contributed by atoms with Gasteiger partial charge in [-0.3, -0.25) is 0 Å². The van der Waals surface area contributed by atoms with Crippen molar-refractivity contribution in [2.24, 2.45) is 0 Å². The van der Waals surface area contributed by atoms with E-state index in [0.717, 1.165) is 0 Å². The summed E-state index contributed by atoms with van der Waals surface area (Å²) in [6.45, 7) is 43.1. The van der Waals surface area contributed by atoms with E-state index < -0.39 is 0 Å². The molecule has 0 saturated heterocycles. The number of hydrogen-bond acceptors (Lipinski definition) is 0. The van der Waals surface area contributed by atoms with Gasteiger partial charge in [-0.1, -0.05) is 159 Å². The summed E-state index contributed by atoms with van der Waals surface area (Å²) >= 11 is 0. The molecule has 0 saturated carbocycles. The molecular weight excluding hydrogens is 528 g/mol. The van der Waals surface area contributed by atoms with Crippen LogP contribution >= 0.6 is 0 Å². The third-order valence-corrected chi connectivity index (χ3v) is 8.99. The Hall–Kier alpha value is -2.34. The molecule has 0 heterocycles. The van der Waals surface area contributed by atoms with Gasteiger partial charge in [-0.2, -0.15) is 0 Å². The Morgan fingerprint density at radius 3 is 1.14 bits per heavy atom. The molecule has 0 amide bonds. The monoisotopic (exact) mass is 599 g/mol. The minimum atomic E-state index is 0.241. The first-order valence-electron chi connectivity index (χ1n) is 17.4. The molecule has 3 rings (SSSR count). The molecule has 0 bridgehead atoms. The minimum absolute atomic E-state index is 0.241. The van der Waals surface area contributed by atoms with Gasteiger partial charge in [-0.15, -0.1) is 0 Å². The largest absolute Gasteiger partial charge is 0.0617 e. The van der Waals surface area contributed by atoms with Crippen LogP contribution in [0.4, 0.5) is 0 Å². The molecule has 0 heteroatoms. The Morgan fingerprint density at radius 2 is 0.818 bits per heavy atom. The van der Waals surface area contributed by atoms with E-state index in [1.807, 2.05) is 0 Å². The highest BCUT2D eigenvalue weighted by Gasteiger charge is 2.20. The number of rotatable bonds is 5. The molecule has 0 aromatic heterocycles. The van der Waals surface area contributed by atoms with Crippen LogP contribution < -0.4 is 0 Å². The van der Waals surface area contributed by atoms with Gasteiger partial charge in [0.15, 0.2) is 0 Å². The van der Waals surface area contributed by atoms with Crippen molar-refractivity contribution in [3.63, 3.8) is 0 Å². The normalized spacial score (nSPS) is 12.1. The van der Waals surface area contributed by atoms with Crippen molar-refractivity contribution in [2.75, 3.05) is 0 Å². The number of hydrogen-bond donors (Lipinski definition) is 0. The van der Waals surface area contributed by atoms with Crippen molar-refractivity contribution in [2.45, 2.75) is 172 Å². The minimum Gasteiger partial charge on any atom is -0.0617 e. The Balaban J connectivity index is 0.000000332. The molecule has 0 fully saturated rings. The Morgan fingerprint density at radius 1 is 0.432 bits per heavy atom. The fourth-order valence-electron chi connectivity index (χ4n) is 6.14. The highest BCUT2D eigenvalue weighted by molar-refractivity contribution is 5.43. The maximum Gasteiger partial charge on any atom is -0.0129 e. The van der Waals surface area contributed by atoms with Crippen LogP contribution in [0.5, 0.6) is 0 Å². The van der Waals surface area contributed by atoms with Gasteiger partial charge in [0.1, 0.15) is 0 Å². The average molecular weight is 599 g/mol. The topological polar surface area (TPSA) is 0 Å². The van der Waals surface area contributed by atoms with Crippen molar-refractivity contribution >= 4 is 0 Å². The summed E-state index contributed by atoms with van der Waals surface area (Å²) in [7, 11) is 0. The Labute approximate surface area is 275 Å². The smallest absolute Gasteiger partial charge is 0.0129 e. The van der Waals surface area contributed by atoms with Crippen LogP contribution in [0.3, 0.4) is 0 Å². The van der Waals surface area contributed by atoms with E-state index in [1.54, 1.807) is 0 Å². The lowest BCUT2D eigenvalue weighted by molar-refractivity contribution is 0.566. The van der Waals surface area contributed by atoms with E-state index in [9.17, 15) is 0 Å². The van der Waals surface area contributed by atoms with Gasteiger partial charge in [0.2, 0.25) is 0 Å². The van der Waals surface area contributed by atoms with Crippen LogP contribution in [0.1, 0.15) is 196 Å². The summed E-state index contributed by atoms with van der Waals surface area (Å²) in [5.41, 5.74) is 15.3. The van der Waals surface area contributed by atoms with Crippen molar-refractivity contribution in [1.29, 1.82) is 0 Å². The first-order chi connectivity index (χ1) is 20.0. The van der Waals surface area contributed by atoms with Crippen molar-refractivity contribution in [3.8, 4) is 0 Å². The van der Waals surface area contributed by atoms with Crippen LogP contribution in [0.2, 0.25) is 0 Å². The molecule has 0 spiro atoms. The zero-order chi connectivity index (χ0) is 34.3. The highest BCUT2D eigenvalue weighted by atomic mass is 14.3. The quantitative estimate of drug-likeness (QED) is 0.274. The van der Waals surface area contributed by atoms with Crippen LogP contribution in [0.25, 0.3) is 0 Å². The molecular formula is C44H70. The Kier molecular flexibility index (Phi) is 14.7. The van der Waals surface area contributed by atoms with Crippen LogP contribution in [-0.4, -0.2) is 0 Å². The molecule has 0 N–H and O–H groups in total. The number of aryl methyl sites for hydroxylation is 1. The zero-order valence-corrected chi connectivity index (χ0v) is 32.5. The molecule has 3 aromatic rings. The second-order valence-corrected chi connectivity index (χ2v) is 16.7. The van der Waals surface area contributed by atoms with E-state index >= 15 is 0 Å². The van der Waals surface area contributed by atoms with Crippen LogP contribution in [0, 0.1) is 20.8 Å². The van der Waals surface area contributed by atoms with Crippen molar-refractivity contribution in [1.82, 2.24) is 0 Å². The summed E-state index contributed by atoms with van der Waals surface area (Å²) < 4.78 is 0. The summed E-state index contributed by atoms with van der Waals surface area (Å²) in [4.78, 5) is 0. The third-order valence-electron chi connectivity index (χ3n) is 8.99. The highest BCUT2D eigenvalue weighted by Crippen LogP contribution is 2.32. The summed E-state index contributed by atoms with van der Waals surface area (Å²) in [6.07, 6.45) is 0. The Bertz CT molecular complexity index is 1260. The van der Waals surface area contributed by atoms with Gasteiger partial charge < -0.3 is 0 Å². The second-order valence-electron chi connectivity index (χ2n) is 16.7. The SMILES string of the molecule is Cc1c(C(C)C)cc(C(C)C)cc1C(C)C.Cc1c(C(C)C)cccc1C(C)C.Cc1ccc(C(C)(C)C)cc1C(C)(C)C.